The number of hydrogen-bond donors (Lipinski definition) is 6. The molecule has 0 aromatic heterocycles. The topological polar surface area (TPSA) is 120 Å². The van der Waals surface area contributed by atoms with Gasteiger partial charge < -0.3 is 32.3 Å². The summed E-state index contributed by atoms with van der Waals surface area (Å²) >= 11 is 0. The molecular weight excluding hydrogens is 308 g/mol. The zero-order valence-electron chi connectivity index (χ0n) is 15.4. The molecule has 0 saturated heterocycles. The Balaban J connectivity index is 3.95. The lowest BCUT2D eigenvalue weighted by Gasteiger charge is -2.20. The van der Waals surface area contributed by atoms with Gasteiger partial charge in [0.1, 0.15) is 0 Å². The lowest BCUT2D eigenvalue weighted by molar-refractivity contribution is -0.123. The van der Waals surface area contributed by atoms with Gasteiger partial charge in [-0.1, -0.05) is 0 Å². The minimum absolute atomic E-state index is 0.0164. The summed E-state index contributed by atoms with van der Waals surface area (Å²) in [4.78, 5) is 23.3. The number of hydrogen-bond acceptors (Lipinski definition) is 6. The molecule has 0 rings (SSSR count). The first-order valence-electron chi connectivity index (χ1n) is 8.82. The largest absolute Gasteiger partial charge is 0.355 e. The summed E-state index contributed by atoms with van der Waals surface area (Å²) in [5.74, 6) is -0.119. The van der Waals surface area contributed by atoms with Crippen LogP contribution in [0, 0.1) is 0 Å². The summed E-state index contributed by atoms with van der Waals surface area (Å²) in [6.45, 7) is 2.22. The van der Waals surface area contributed by atoms with E-state index in [9.17, 15) is 9.59 Å². The third-order valence-electron chi connectivity index (χ3n) is 4.00. The van der Waals surface area contributed by atoms with Crippen LogP contribution < -0.4 is 32.3 Å². The van der Waals surface area contributed by atoms with Crippen LogP contribution in [0.5, 0.6) is 0 Å². The first-order chi connectivity index (χ1) is 11.6. The van der Waals surface area contributed by atoms with Crippen molar-refractivity contribution in [3.8, 4) is 0 Å². The van der Waals surface area contributed by atoms with Crippen molar-refractivity contribution in [2.24, 2.45) is 5.73 Å². The summed E-state index contributed by atoms with van der Waals surface area (Å²) in [6.07, 6.45) is 4.52. The molecule has 0 aliphatic heterocycles. The van der Waals surface area contributed by atoms with Gasteiger partial charge in [0, 0.05) is 19.1 Å². The fourth-order valence-electron chi connectivity index (χ4n) is 2.40. The van der Waals surface area contributed by atoms with Gasteiger partial charge in [0.05, 0.1) is 12.6 Å². The van der Waals surface area contributed by atoms with Crippen molar-refractivity contribution in [2.45, 2.75) is 44.2 Å². The third kappa shape index (κ3) is 11.3. The molecule has 2 amide bonds. The molecule has 2 atom stereocenters. The molecule has 0 bridgehead atoms. The van der Waals surface area contributed by atoms with Crippen LogP contribution >= 0.6 is 0 Å². The quantitative estimate of drug-likeness (QED) is 0.202. The number of nitrogens with two attached hydrogens (primary N) is 1. The van der Waals surface area contributed by atoms with Gasteiger partial charge in [-0.25, -0.2) is 0 Å². The minimum Gasteiger partial charge on any atom is -0.355 e. The first-order valence-corrected chi connectivity index (χ1v) is 8.82. The Bertz CT molecular complexity index is 341. The fraction of sp³-hybridized carbons (Fsp3) is 0.875. The predicted molar refractivity (Wildman–Crippen MR) is 97.8 cm³/mol. The second-order valence-electron chi connectivity index (χ2n) is 5.87. The summed E-state index contributed by atoms with van der Waals surface area (Å²) in [5, 5.41) is 15.2. The predicted octanol–water partition coefficient (Wildman–Crippen LogP) is -1.48. The zero-order valence-corrected chi connectivity index (χ0v) is 15.4. The summed E-state index contributed by atoms with van der Waals surface area (Å²) in [5.41, 5.74) is 5.22. The molecule has 8 nitrogen and oxygen atoms in total. The molecule has 0 spiro atoms. The number of carbonyl (C=O) groups is 2. The van der Waals surface area contributed by atoms with Gasteiger partial charge in [-0.3, -0.25) is 9.59 Å². The Morgan fingerprint density at radius 1 is 0.917 bits per heavy atom. The minimum atomic E-state index is -0.204. The highest BCUT2D eigenvalue weighted by atomic mass is 16.2. The third-order valence-corrected chi connectivity index (χ3v) is 4.00. The molecule has 7 N–H and O–H groups in total. The van der Waals surface area contributed by atoms with E-state index in [1.165, 1.54) is 0 Å². The number of rotatable bonds is 15. The average molecular weight is 345 g/mol. The average Bonchev–Trinajstić information content (AvgIpc) is 2.60. The van der Waals surface area contributed by atoms with E-state index < -0.39 is 0 Å². The highest BCUT2D eigenvalue weighted by Crippen LogP contribution is 2.01. The van der Waals surface area contributed by atoms with Crippen LogP contribution in [-0.2, 0) is 9.59 Å². The molecule has 0 aromatic rings. The lowest BCUT2D eigenvalue weighted by Crippen LogP contribution is -2.47. The lowest BCUT2D eigenvalue weighted by atomic mass is 10.1. The van der Waals surface area contributed by atoms with Crippen LogP contribution in [0.1, 0.15) is 32.1 Å². The van der Waals surface area contributed by atoms with Gasteiger partial charge in [-0.05, 0) is 59.8 Å². The molecule has 24 heavy (non-hydrogen) atoms. The highest BCUT2D eigenvalue weighted by Gasteiger charge is 2.17. The monoisotopic (exact) mass is 344 g/mol. The van der Waals surface area contributed by atoms with Crippen LogP contribution in [0.4, 0.5) is 0 Å². The second kappa shape index (κ2) is 15.3. The van der Waals surface area contributed by atoms with Crippen LogP contribution in [0.3, 0.4) is 0 Å². The van der Waals surface area contributed by atoms with Crippen LogP contribution in [0.2, 0.25) is 0 Å². The van der Waals surface area contributed by atoms with Gasteiger partial charge >= 0.3 is 0 Å². The molecule has 0 fully saturated rings. The van der Waals surface area contributed by atoms with Crippen molar-refractivity contribution in [3.05, 3.63) is 0 Å². The number of unbranched alkanes of at least 4 members (excludes halogenated alkanes) is 1. The number of amides is 2. The van der Waals surface area contributed by atoms with Crippen LogP contribution in [-0.4, -0.2) is 71.2 Å². The highest BCUT2D eigenvalue weighted by molar-refractivity contribution is 5.81. The Labute approximate surface area is 146 Å². The number of likely N-dealkylation sites (N-methyl/N-ethyl adjacent to an activating group) is 2. The van der Waals surface area contributed by atoms with Crippen molar-refractivity contribution in [3.63, 3.8) is 0 Å². The van der Waals surface area contributed by atoms with E-state index in [1.54, 1.807) is 7.05 Å². The Kier molecular flexibility index (Phi) is 14.5. The zero-order chi connectivity index (χ0) is 18.2. The molecule has 0 heterocycles. The van der Waals surface area contributed by atoms with Gasteiger partial charge in [0.15, 0.2) is 0 Å². The molecule has 0 radical (unpaired) electrons. The van der Waals surface area contributed by atoms with Crippen LogP contribution in [0.15, 0.2) is 0 Å². The number of carbonyl (C=O) groups excluding carboxylic acids is 2. The van der Waals surface area contributed by atoms with E-state index in [0.717, 1.165) is 38.6 Å². The first kappa shape index (κ1) is 22.8. The molecule has 0 aromatic carbocycles. The smallest absolute Gasteiger partial charge is 0.237 e. The number of nitrogens with one attached hydrogen (secondary N) is 5. The Morgan fingerprint density at radius 2 is 1.67 bits per heavy atom. The maximum Gasteiger partial charge on any atom is 0.237 e. The molecule has 0 saturated carbocycles. The van der Waals surface area contributed by atoms with E-state index in [-0.39, 0.29) is 30.4 Å². The maximum absolute atomic E-state index is 12.2. The van der Waals surface area contributed by atoms with E-state index in [0.29, 0.717) is 13.1 Å². The van der Waals surface area contributed by atoms with Crippen molar-refractivity contribution in [2.75, 3.05) is 47.3 Å². The van der Waals surface area contributed by atoms with E-state index in [1.807, 2.05) is 14.1 Å². The van der Waals surface area contributed by atoms with Gasteiger partial charge in [-0.15, -0.1) is 0 Å². The van der Waals surface area contributed by atoms with Gasteiger partial charge in [0.2, 0.25) is 11.8 Å². The standard InChI is InChI=1S/C16H36N6O2/c1-18-9-6-7-13(19-2)12-22-16(24)14(20-3)8-4-5-10-21-15(23)11-17/h13-14,18-20H,4-12,17H2,1-3H3,(H,21,23)(H,22,24)/t13-,14-/m0/s1. The Morgan fingerprint density at radius 3 is 2.25 bits per heavy atom. The maximum atomic E-state index is 12.2. The van der Waals surface area contributed by atoms with Crippen LogP contribution in [0.25, 0.3) is 0 Å². The molecular formula is C16H36N6O2. The molecule has 0 unspecified atom stereocenters. The van der Waals surface area contributed by atoms with E-state index in [4.69, 9.17) is 5.73 Å². The molecule has 8 heteroatoms. The van der Waals surface area contributed by atoms with E-state index in [2.05, 4.69) is 26.6 Å². The van der Waals surface area contributed by atoms with E-state index >= 15 is 0 Å². The second-order valence-corrected chi connectivity index (χ2v) is 5.87. The van der Waals surface area contributed by atoms with Crippen molar-refractivity contribution < 1.29 is 9.59 Å². The molecule has 142 valence electrons. The van der Waals surface area contributed by atoms with Gasteiger partial charge in [-0.2, -0.15) is 0 Å². The van der Waals surface area contributed by atoms with Crippen molar-refractivity contribution in [1.82, 2.24) is 26.6 Å². The molecule has 0 aliphatic rings. The fourth-order valence-corrected chi connectivity index (χ4v) is 2.40. The summed E-state index contributed by atoms with van der Waals surface area (Å²) < 4.78 is 0. The molecule has 0 aliphatic carbocycles. The van der Waals surface area contributed by atoms with Gasteiger partial charge in [0.25, 0.3) is 0 Å². The van der Waals surface area contributed by atoms with Crippen molar-refractivity contribution >= 4 is 11.8 Å². The van der Waals surface area contributed by atoms with Crippen molar-refractivity contribution in [1.29, 1.82) is 0 Å². The summed E-state index contributed by atoms with van der Waals surface area (Å²) in [7, 11) is 5.65. The Hall–Kier alpha value is -1.22. The summed E-state index contributed by atoms with van der Waals surface area (Å²) in [6, 6.07) is 0.0799. The SMILES string of the molecule is CNCCC[C@@H](CNC(=O)[C@H](CCCCNC(=O)CN)NC)NC. The normalized spacial score (nSPS) is 13.3.